The molecule has 4 nitrogen and oxygen atoms in total. The van der Waals surface area contributed by atoms with Crippen LogP contribution in [0.25, 0.3) is 11.3 Å². The molecule has 0 unspecified atom stereocenters. The van der Waals surface area contributed by atoms with Gasteiger partial charge in [0.05, 0.1) is 10.7 Å². The largest absolute Gasteiger partial charge is 0.385 e. The van der Waals surface area contributed by atoms with Gasteiger partial charge in [0.25, 0.3) is 0 Å². The maximum absolute atomic E-state index is 10.9. The van der Waals surface area contributed by atoms with Gasteiger partial charge in [-0.25, -0.2) is 0 Å². The van der Waals surface area contributed by atoms with Gasteiger partial charge in [-0.1, -0.05) is 17.7 Å². The van der Waals surface area contributed by atoms with Crippen molar-refractivity contribution < 1.29 is 9.53 Å². The van der Waals surface area contributed by atoms with Crippen LogP contribution in [0, 0.1) is 0 Å². The van der Waals surface area contributed by atoms with E-state index in [9.17, 15) is 4.79 Å². The molecular formula is C14H15ClN2O2. The molecule has 1 aromatic heterocycles. The number of nitrogens with zero attached hydrogens (tertiary/aromatic N) is 2. The van der Waals surface area contributed by atoms with Crippen molar-refractivity contribution in [2.24, 2.45) is 0 Å². The van der Waals surface area contributed by atoms with Crippen LogP contribution in [-0.4, -0.2) is 29.8 Å². The standard InChI is InChI=1S/C14H15ClN2O2/c1-19-8-2-7-17-14(5-6-16-17)11-3-4-13(15)12(9-11)10-18/h3-6,9-10H,2,7-8H2,1H3. The Bertz CT molecular complexity index is 566. The second kappa shape index (κ2) is 6.50. The predicted octanol–water partition coefficient (Wildman–Crippen LogP) is 3.05. The molecular weight excluding hydrogens is 264 g/mol. The Morgan fingerprint density at radius 3 is 3.00 bits per heavy atom. The molecule has 0 saturated heterocycles. The second-order valence-electron chi connectivity index (χ2n) is 4.14. The van der Waals surface area contributed by atoms with Crippen molar-refractivity contribution in [2.45, 2.75) is 13.0 Å². The van der Waals surface area contributed by atoms with E-state index in [0.717, 1.165) is 30.5 Å². The predicted molar refractivity (Wildman–Crippen MR) is 74.6 cm³/mol. The third kappa shape index (κ3) is 3.22. The van der Waals surface area contributed by atoms with Crippen molar-refractivity contribution in [1.29, 1.82) is 0 Å². The summed E-state index contributed by atoms with van der Waals surface area (Å²) in [6.07, 6.45) is 3.40. The van der Waals surface area contributed by atoms with Gasteiger partial charge < -0.3 is 4.74 Å². The van der Waals surface area contributed by atoms with Gasteiger partial charge in [0.15, 0.2) is 6.29 Å². The van der Waals surface area contributed by atoms with Gasteiger partial charge in [0, 0.05) is 37.6 Å². The topological polar surface area (TPSA) is 44.1 Å². The number of carbonyl (C=O) groups excluding carboxylic acids is 1. The first-order chi connectivity index (χ1) is 9.26. The molecule has 100 valence electrons. The monoisotopic (exact) mass is 278 g/mol. The first-order valence-corrected chi connectivity index (χ1v) is 6.40. The molecule has 2 aromatic rings. The Labute approximate surface area is 116 Å². The molecule has 1 aromatic carbocycles. The van der Waals surface area contributed by atoms with Crippen molar-refractivity contribution >= 4 is 17.9 Å². The SMILES string of the molecule is COCCCn1nccc1-c1ccc(Cl)c(C=O)c1. The summed E-state index contributed by atoms with van der Waals surface area (Å²) < 4.78 is 6.93. The highest BCUT2D eigenvalue weighted by atomic mass is 35.5. The summed E-state index contributed by atoms with van der Waals surface area (Å²) in [6, 6.07) is 7.32. The quantitative estimate of drug-likeness (QED) is 0.602. The molecule has 0 aliphatic heterocycles. The molecule has 0 fully saturated rings. The third-order valence-corrected chi connectivity index (χ3v) is 3.20. The van der Waals surface area contributed by atoms with E-state index in [-0.39, 0.29) is 0 Å². The lowest BCUT2D eigenvalue weighted by molar-refractivity contribution is 0.112. The molecule has 2 rings (SSSR count). The number of hydrogen-bond donors (Lipinski definition) is 0. The van der Waals surface area contributed by atoms with E-state index in [1.54, 1.807) is 25.4 Å². The number of ether oxygens (including phenoxy) is 1. The Hall–Kier alpha value is -1.65. The average molecular weight is 279 g/mol. The summed E-state index contributed by atoms with van der Waals surface area (Å²) in [5, 5.41) is 4.74. The van der Waals surface area contributed by atoms with Gasteiger partial charge in [-0.05, 0) is 24.6 Å². The highest BCUT2D eigenvalue weighted by Gasteiger charge is 2.08. The Morgan fingerprint density at radius 1 is 1.42 bits per heavy atom. The molecule has 0 aliphatic rings. The Morgan fingerprint density at radius 2 is 2.26 bits per heavy atom. The summed E-state index contributed by atoms with van der Waals surface area (Å²) in [4.78, 5) is 10.9. The number of rotatable bonds is 6. The smallest absolute Gasteiger partial charge is 0.151 e. The summed E-state index contributed by atoms with van der Waals surface area (Å²) in [5.74, 6) is 0. The minimum absolute atomic E-state index is 0.462. The molecule has 0 bridgehead atoms. The van der Waals surface area contributed by atoms with E-state index < -0.39 is 0 Å². The molecule has 5 heteroatoms. The van der Waals surface area contributed by atoms with Crippen LogP contribution in [-0.2, 0) is 11.3 Å². The normalized spacial score (nSPS) is 10.6. The summed E-state index contributed by atoms with van der Waals surface area (Å²) in [6.45, 7) is 1.47. The number of methoxy groups -OCH3 is 1. The molecule has 0 atom stereocenters. The van der Waals surface area contributed by atoms with E-state index in [1.807, 2.05) is 16.8 Å². The van der Waals surface area contributed by atoms with Crippen molar-refractivity contribution in [3.05, 3.63) is 41.0 Å². The minimum Gasteiger partial charge on any atom is -0.385 e. The highest BCUT2D eigenvalue weighted by molar-refractivity contribution is 6.33. The van der Waals surface area contributed by atoms with Crippen LogP contribution in [0.3, 0.4) is 0 Å². The van der Waals surface area contributed by atoms with Gasteiger partial charge in [0.1, 0.15) is 0 Å². The summed E-state index contributed by atoms with van der Waals surface area (Å²) >= 11 is 5.93. The molecule has 19 heavy (non-hydrogen) atoms. The zero-order chi connectivity index (χ0) is 13.7. The van der Waals surface area contributed by atoms with Gasteiger partial charge in [-0.15, -0.1) is 0 Å². The molecule has 0 radical (unpaired) electrons. The van der Waals surface area contributed by atoms with Crippen molar-refractivity contribution in [3.8, 4) is 11.3 Å². The average Bonchev–Trinajstić information content (AvgIpc) is 2.88. The zero-order valence-corrected chi connectivity index (χ0v) is 11.4. The van der Waals surface area contributed by atoms with Crippen LogP contribution in [0.15, 0.2) is 30.5 Å². The number of carbonyl (C=O) groups is 1. The molecule has 0 saturated carbocycles. The highest BCUT2D eigenvalue weighted by Crippen LogP contribution is 2.24. The maximum atomic E-state index is 10.9. The number of aromatic nitrogens is 2. The fourth-order valence-electron chi connectivity index (χ4n) is 1.91. The summed E-state index contributed by atoms with van der Waals surface area (Å²) in [7, 11) is 1.68. The van der Waals surface area contributed by atoms with Gasteiger partial charge in [0.2, 0.25) is 0 Å². The number of aldehydes is 1. The molecule has 0 aliphatic carbocycles. The van der Waals surface area contributed by atoms with Crippen LogP contribution < -0.4 is 0 Å². The van der Waals surface area contributed by atoms with E-state index in [1.165, 1.54) is 0 Å². The van der Waals surface area contributed by atoms with Crippen LogP contribution in [0.1, 0.15) is 16.8 Å². The lowest BCUT2D eigenvalue weighted by Crippen LogP contribution is -2.04. The van der Waals surface area contributed by atoms with Crippen molar-refractivity contribution in [1.82, 2.24) is 9.78 Å². The fraction of sp³-hybridized carbons (Fsp3) is 0.286. The molecule has 0 spiro atoms. The summed E-state index contributed by atoms with van der Waals surface area (Å²) in [5.41, 5.74) is 2.39. The van der Waals surface area contributed by atoms with Crippen LogP contribution in [0.2, 0.25) is 5.02 Å². The number of aryl methyl sites for hydroxylation is 1. The minimum atomic E-state index is 0.462. The molecule has 0 N–H and O–H groups in total. The van der Waals surface area contributed by atoms with E-state index >= 15 is 0 Å². The zero-order valence-electron chi connectivity index (χ0n) is 10.7. The van der Waals surface area contributed by atoms with Gasteiger partial charge >= 0.3 is 0 Å². The maximum Gasteiger partial charge on any atom is 0.151 e. The van der Waals surface area contributed by atoms with Crippen LogP contribution >= 0.6 is 11.6 Å². The molecule has 0 amide bonds. The van der Waals surface area contributed by atoms with E-state index in [0.29, 0.717) is 17.2 Å². The van der Waals surface area contributed by atoms with Crippen LogP contribution in [0.4, 0.5) is 0 Å². The van der Waals surface area contributed by atoms with Crippen LogP contribution in [0.5, 0.6) is 0 Å². The number of benzene rings is 1. The second-order valence-corrected chi connectivity index (χ2v) is 4.55. The third-order valence-electron chi connectivity index (χ3n) is 2.85. The van der Waals surface area contributed by atoms with Gasteiger partial charge in [-0.3, -0.25) is 9.48 Å². The Kier molecular flexibility index (Phi) is 4.71. The van der Waals surface area contributed by atoms with E-state index in [2.05, 4.69) is 5.10 Å². The number of hydrogen-bond acceptors (Lipinski definition) is 3. The van der Waals surface area contributed by atoms with E-state index in [4.69, 9.17) is 16.3 Å². The number of halogens is 1. The lowest BCUT2D eigenvalue weighted by Gasteiger charge is -2.08. The fourth-order valence-corrected chi connectivity index (χ4v) is 2.07. The Balaban J connectivity index is 2.26. The van der Waals surface area contributed by atoms with Crippen molar-refractivity contribution in [3.63, 3.8) is 0 Å². The van der Waals surface area contributed by atoms with Crippen molar-refractivity contribution in [2.75, 3.05) is 13.7 Å². The lowest BCUT2D eigenvalue weighted by atomic mass is 10.1. The van der Waals surface area contributed by atoms with Gasteiger partial charge in [-0.2, -0.15) is 5.10 Å². The molecule has 1 heterocycles. The first-order valence-electron chi connectivity index (χ1n) is 6.02. The first kappa shape index (κ1) is 13.8.